The molecular formula is C22H24N4O3. The Kier molecular flexibility index (Phi) is 6.63. The predicted molar refractivity (Wildman–Crippen MR) is 112 cm³/mol. The number of amides is 1. The highest BCUT2D eigenvalue weighted by atomic mass is 16.5. The van der Waals surface area contributed by atoms with Crippen molar-refractivity contribution in [3.05, 3.63) is 71.7 Å². The molecule has 1 aromatic heterocycles. The van der Waals surface area contributed by atoms with E-state index in [0.717, 1.165) is 17.7 Å². The first kappa shape index (κ1) is 20.1. The summed E-state index contributed by atoms with van der Waals surface area (Å²) in [7, 11) is 3.15. The average Bonchev–Trinajstić information content (AvgIpc) is 2.78. The van der Waals surface area contributed by atoms with Crippen LogP contribution in [0.1, 0.15) is 28.5 Å². The summed E-state index contributed by atoms with van der Waals surface area (Å²) >= 11 is 0. The highest BCUT2D eigenvalue weighted by molar-refractivity contribution is 5.92. The predicted octanol–water partition coefficient (Wildman–Crippen LogP) is 3.73. The number of para-hydroxylation sites is 1. The van der Waals surface area contributed by atoms with Gasteiger partial charge in [0.2, 0.25) is 0 Å². The summed E-state index contributed by atoms with van der Waals surface area (Å²) in [5, 5.41) is 6.07. The molecule has 2 aromatic carbocycles. The third-order valence-electron chi connectivity index (χ3n) is 4.45. The van der Waals surface area contributed by atoms with Crippen LogP contribution >= 0.6 is 0 Å². The Morgan fingerprint density at radius 3 is 2.48 bits per heavy atom. The summed E-state index contributed by atoms with van der Waals surface area (Å²) in [6.45, 7) is 2.43. The van der Waals surface area contributed by atoms with Gasteiger partial charge in [0.05, 0.1) is 26.6 Å². The van der Waals surface area contributed by atoms with Gasteiger partial charge < -0.3 is 20.1 Å². The molecule has 0 unspecified atom stereocenters. The van der Waals surface area contributed by atoms with Crippen molar-refractivity contribution in [2.75, 3.05) is 19.5 Å². The zero-order valence-corrected chi connectivity index (χ0v) is 16.7. The van der Waals surface area contributed by atoms with Crippen molar-refractivity contribution in [3.63, 3.8) is 0 Å². The number of rotatable bonds is 8. The molecule has 29 heavy (non-hydrogen) atoms. The molecule has 150 valence electrons. The fourth-order valence-electron chi connectivity index (χ4n) is 2.86. The van der Waals surface area contributed by atoms with Crippen molar-refractivity contribution in [1.82, 2.24) is 15.3 Å². The van der Waals surface area contributed by atoms with Gasteiger partial charge in [-0.05, 0) is 35.7 Å². The monoisotopic (exact) mass is 392 g/mol. The van der Waals surface area contributed by atoms with Gasteiger partial charge in [0.25, 0.3) is 5.91 Å². The maximum absolute atomic E-state index is 12.4. The number of methoxy groups -OCH3 is 2. The third kappa shape index (κ3) is 5.01. The van der Waals surface area contributed by atoms with E-state index in [9.17, 15) is 4.79 Å². The number of anilines is 2. The zero-order valence-electron chi connectivity index (χ0n) is 16.7. The second kappa shape index (κ2) is 9.54. The molecule has 1 heterocycles. The Labute approximate surface area is 170 Å². The molecule has 3 aromatic rings. The van der Waals surface area contributed by atoms with Crippen LogP contribution in [0.5, 0.6) is 11.5 Å². The number of nitrogens with zero attached hydrogens (tertiary/aromatic N) is 2. The van der Waals surface area contributed by atoms with Crippen LogP contribution < -0.4 is 20.1 Å². The molecule has 0 bridgehead atoms. The number of aryl methyl sites for hydroxylation is 1. The zero-order chi connectivity index (χ0) is 20.6. The number of nitrogens with one attached hydrogen (secondary N) is 2. The van der Waals surface area contributed by atoms with E-state index in [1.807, 2.05) is 30.3 Å². The number of carbonyl (C=O) groups is 1. The van der Waals surface area contributed by atoms with Crippen molar-refractivity contribution in [2.24, 2.45) is 0 Å². The number of ether oxygens (including phenoxy) is 2. The number of hydrogen-bond donors (Lipinski definition) is 2. The van der Waals surface area contributed by atoms with Crippen LogP contribution in [0.4, 0.5) is 11.5 Å². The first-order valence-electron chi connectivity index (χ1n) is 9.30. The smallest absolute Gasteiger partial charge is 0.271 e. The third-order valence-corrected chi connectivity index (χ3v) is 4.45. The lowest BCUT2D eigenvalue weighted by Crippen LogP contribution is -2.24. The summed E-state index contributed by atoms with van der Waals surface area (Å²) in [4.78, 5) is 20.9. The molecule has 0 fully saturated rings. The fourth-order valence-corrected chi connectivity index (χ4v) is 2.86. The van der Waals surface area contributed by atoms with E-state index in [0.29, 0.717) is 23.9 Å². The maximum atomic E-state index is 12.4. The summed E-state index contributed by atoms with van der Waals surface area (Å²) in [6.07, 6.45) is 3.92. The van der Waals surface area contributed by atoms with Crippen molar-refractivity contribution in [1.29, 1.82) is 0 Å². The van der Waals surface area contributed by atoms with Gasteiger partial charge in [-0.15, -0.1) is 0 Å². The van der Waals surface area contributed by atoms with Crippen LogP contribution in [-0.4, -0.2) is 30.1 Å². The van der Waals surface area contributed by atoms with Crippen LogP contribution in [0.15, 0.2) is 54.9 Å². The largest absolute Gasteiger partial charge is 0.493 e. The summed E-state index contributed by atoms with van der Waals surface area (Å²) in [5.41, 5.74) is 3.30. The van der Waals surface area contributed by atoms with Crippen LogP contribution in [0.2, 0.25) is 0 Å². The van der Waals surface area contributed by atoms with E-state index in [2.05, 4.69) is 33.6 Å². The molecular weight excluding hydrogens is 368 g/mol. The Hall–Kier alpha value is -3.61. The molecule has 0 aliphatic carbocycles. The van der Waals surface area contributed by atoms with Crippen LogP contribution in [0.3, 0.4) is 0 Å². The summed E-state index contributed by atoms with van der Waals surface area (Å²) in [6, 6.07) is 13.5. The number of carbonyl (C=O) groups excluding carboxylic acids is 1. The van der Waals surface area contributed by atoms with Crippen LogP contribution in [-0.2, 0) is 13.0 Å². The fraction of sp³-hybridized carbons (Fsp3) is 0.227. The van der Waals surface area contributed by atoms with E-state index in [1.54, 1.807) is 26.5 Å². The second-order valence-corrected chi connectivity index (χ2v) is 6.29. The molecule has 0 aliphatic rings. The van der Waals surface area contributed by atoms with E-state index >= 15 is 0 Å². The molecule has 0 atom stereocenters. The molecule has 0 spiro atoms. The molecule has 2 N–H and O–H groups in total. The van der Waals surface area contributed by atoms with Crippen molar-refractivity contribution < 1.29 is 14.3 Å². The first-order valence-corrected chi connectivity index (χ1v) is 9.30. The van der Waals surface area contributed by atoms with E-state index in [4.69, 9.17) is 9.47 Å². The van der Waals surface area contributed by atoms with Gasteiger partial charge in [0.1, 0.15) is 11.5 Å². The SMILES string of the molecule is CCc1ccccc1Nc1cnc(C(=O)NCc2ccc(OC)c(OC)c2)cn1. The van der Waals surface area contributed by atoms with Gasteiger partial charge in [0.15, 0.2) is 11.5 Å². The number of benzene rings is 2. The van der Waals surface area contributed by atoms with Crippen molar-refractivity contribution in [2.45, 2.75) is 19.9 Å². The lowest BCUT2D eigenvalue weighted by atomic mass is 10.1. The van der Waals surface area contributed by atoms with Gasteiger partial charge in [0, 0.05) is 12.2 Å². The minimum absolute atomic E-state index is 0.250. The van der Waals surface area contributed by atoms with E-state index < -0.39 is 0 Å². The summed E-state index contributed by atoms with van der Waals surface area (Å²) < 4.78 is 10.5. The van der Waals surface area contributed by atoms with Gasteiger partial charge >= 0.3 is 0 Å². The van der Waals surface area contributed by atoms with Gasteiger partial charge in [-0.25, -0.2) is 9.97 Å². The molecule has 0 radical (unpaired) electrons. The molecule has 0 saturated heterocycles. The molecule has 7 nitrogen and oxygen atoms in total. The number of aromatic nitrogens is 2. The van der Waals surface area contributed by atoms with E-state index in [-0.39, 0.29) is 11.6 Å². The Bertz CT molecular complexity index is 974. The summed E-state index contributed by atoms with van der Waals surface area (Å²) in [5.74, 6) is 1.54. The van der Waals surface area contributed by atoms with Gasteiger partial charge in [-0.1, -0.05) is 31.2 Å². The molecule has 0 saturated carbocycles. The highest BCUT2D eigenvalue weighted by Crippen LogP contribution is 2.27. The second-order valence-electron chi connectivity index (χ2n) is 6.29. The lowest BCUT2D eigenvalue weighted by Gasteiger charge is -2.11. The highest BCUT2D eigenvalue weighted by Gasteiger charge is 2.10. The molecule has 1 amide bonds. The van der Waals surface area contributed by atoms with Gasteiger partial charge in [-0.2, -0.15) is 0 Å². The normalized spacial score (nSPS) is 10.3. The quantitative estimate of drug-likeness (QED) is 0.608. The first-order chi connectivity index (χ1) is 14.1. The molecule has 0 aliphatic heterocycles. The molecule has 3 rings (SSSR count). The molecule has 7 heteroatoms. The lowest BCUT2D eigenvalue weighted by molar-refractivity contribution is 0.0945. The number of hydrogen-bond acceptors (Lipinski definition) is 6. The minimum atomic E-state index is -0.298. The maximum Gasteiger partial charge on any atom is 0.271 e. The topological polar surface area (TPSA) is 85.4 Å². The van der Waals surface area contributed by atoms with Crippen molar-refractivity contribution in [3.8, 4) is 11.5 Å². The minimum Gasteiger partial charge on any atom is -0.493 e. The van der Waals surface area contributed by atoms with Crippen LogP contribution in [0, 0.1) is 0 Å². The van der Waals surface area contributed by atoms with Gasteiger partial charge in [-0.3, -0.25) is 4.79 Å². The Balaban J connectivity index is 1.62. The standard InChI is InChI=1S/C22H24N4O3/c1-4-16-7-5-6-8-17(16)26-21-14-23-18(13-24-21)22(27)25-12-15-9-10-19(28-2)20(11-15)29-3/h5-11,13-14H,4,12H2,1-3H3,(H,24,26)(H,25,27). The van der Waals surface area contributed by atoms with Crippen molar-refractivity contribution >= 4 is 17.4 Å². The Morgan fingerprint density at radius 2 is 1.79 bits per heavy atom. The van der Waals surface area contributed by atoms with Crippen LogP contribution in [0.25, 0.3) is 0 Å². The Morgan fingerprint density at radius 1 is 1.00 bits per heavy atom. The average molecular weight is 392 g/mol. The van der Waals surface area contributed by atoms with E-state index in [1.165, 1.54) is 11.8 Å².